The first-order valence-electron chi connectivity index (χ1n) is 5.57. The number of nitrogens with one attached hydrogen (secondary N) is 1. The molecule has 0 aliphatic heterocycles. The van der Waals surface area contributed by atoms with Crippen molar-refractivity contribution in [1.82, 2.24) is 15.1 Å². The van der Waals surface area contributed by atoms with Crippen molar-refractivity contribution in [3.8, 4) is 0 Å². The third-order valence-corrected chi connectivity index (χ3v) is 2.62. The summed E-state index contributed by atoms with van der Waals surface area (Å²) >= 11 is 0. The minimum Gasteiger partial charge on any atom is -0.394 e. The quantitative estimate of drug-likeness (QED) is 0.744. The number of hydrogen-bond donors (Lipinski definition) is 2. The monoisotopic (exact) mass is 211 g/mol. The molecule has 0 aliphatic carbocycles. The molecule has 0 fully saturated rings. The molecule has 1 rings (SSSR count). The summed E-state index contributed by atoms with van der Waals surface area (Å²) < 4.78 is 1.85. The van der Waals surface area contributed by atoms with Crippen molar-refractivity contribution in [3.05, 3.63) is 17.5 Å². The van der Waals surface area contributed by atoms with Crippen molar-refractivity contribution in [2.24, 2.45) is 0 Å². The Kier molecular flexibility index (Phi) is 4.78. The van der Waals surface area contributed by atoms with Gasteiger partial charge in [-0.2, -0.15) is 5.10 Å². The molecule has 4 heteroatoms. The zero-order chi connectivity index (χ0) is 11.3. The zero-order valence-electron chi connectivity index (χ0n) is 9.82. The predicted molar refractivity (Wildman–Crippen MR) is 60.8 cm³/mol. The Hall–Kier alpha value is -0.870. The summed E-state index contributed by atoms with van der Waals surface area (Å²) in [6.07, 6.45) is 3.02. The molecule has 1 unspecified atom stereocenters. The van der Waals surface area contributed by atoms with Gasteiger partial charge in [0.05, 0.1) is 19.3 Å². The van der Waals surface area contributed by atoms with Gasteiger partial charge in [0.2, 0.25) is 0 Å². The normalized spacial score (nSPS) is 13.1. The first-order valence-corrected chi connectivity index (χ1v) is 5.57. The molecule has 1 aromatic heterocycles. The van der Waals surface area contributed by atoms with Crippen LogP contribution in [0.4, 0.5) is 0 Å². The minimum absolute atomic E-state index is 0.138. The molecule has 1 heterocycles. The van der Waals surface area contributed by atoms with Crippen LogP contribution in [0.3, 0.4) is 0 Å². The average Bonchev–Trinajstić information content (AvgIpc) is 2.58. The Balaban J connectivity index is 2.68. The Morgan fingerprint density at radius 3 is 2.93 bits per heavy atom. The molecule has 2 N–H and O–H groups in total. The van der Waals surface area contributed by atoms with E-state index in [2.05, 4.69) is 24.3 Å². The van der Waals surface area contributed by atoms with Crippen LogP contribution in [0.15, 0.2) is 6.20 Å². The number of aliphatic hydroxyl groups excluding tert-OH is 1. The number of nitrogens with zero attached hydrogens (tertiary/aromatic N) is 2. The van der Waals surface area contributed by atoms with E-state index >= 15 is 0 Å². The lowest BCUT2D eigenvalue weighted by Crippen LogP contribution is -2.20. The molecule has 1 atom stereocenters. The van der Waals surface area contributed by atoms with Crippen LogP contribution in [0.5, 0.6) is 0 Å². The third kappa shape index (κ3) is 3.04. The van der Waals surface area contributed by atoms with Crippen LogP contribution >= 0.6 is 0 Å². The predicted octanol–water partition coefficient (Wildman–Crippen LogP) is 1.24. The van der Waals surface area contributed by atoms with Crippen molar-refractivity contribution in [2.75, 3.05) is 13.2 Å². The zero-order valence-corrected chi connectivity index (χ0v) is 9.82. The van der Waals surface area contributed by atoms with E-state index in [4.69, 9.17) is 5.11 Å². The average molecular weight is 211 g/mol. The van der Waals surface area contributed by atoms with Crippen LogP contribution in [0, 0.1) is 6.92 Å². The maximum atomic E-state index is 8.86. The third-order valence-electron chi connectivity index (χ3n) is 2.62. The standard InChI is InChI=1S/C11H21N3O/c1-4-5-12-9(2)11-8-13-14(6-7-15)10(11)3/h8-9,12,15H,4-7H2,1-3H3. The molecule has 0 saturated carbocycles. The highest BCUT2D eigenvalue weighted by molar-refractivity contribution is 5.19. The van der Waals surface area contributed by atoms with Crippen molar-refractivity contribution in [3.63, 3.8) is 0 Å². The second-order valence-corrected chi connectivity index (χ2v) is 3.81. The highest BCUT2D eigenvalue weighted by Crippen LogP contribution is 2.16. The number of aromatic nitrogens is 2. The van der Waals surface area contributed by atoms with Crippen LogP contribution < -0.4 is 5.32 Å². The van der Waals surface area contributed by atoms with Crippen molar-refractivity contribution < 1.29 is 5.11 Å². The van der Waals surface area contributed by atoms with E-state index in [9.17, 15) is 0 Å². The smallest absolute Gasteiger partial charge is 0.0643 e. The summed E-state index contributed by atoms with van der Waals surface area (Å²) in [6, 6.07) is 0.331. The molecule has 0 amide bonds. The Morgan fingerprint density at radius 2 is 2.33 bits per heavy atom. The van der Waals surface area contributed by atoms with E-state index in [1.165, 1.54) is 5.56 Å². The molecule has 15 heavy (non-hydrogen) atoms. The first-order chi connectivity index (χ1) is 7.20. The fourth-order valence-electron chi connectivity index (χ4n) is 1.68. The van der Waals surface area contributed by atoms with Gasteiger partial charge in [-0.3, -0.25) is 4.68 Å². The Morgan fingerprint density at radius 1 is 1.60 bits per heavy atom. The van der Waals surface area contributed by atoms with Gasteiger partial charge in [-0.1, -0.05) is 6.92 Å². The molecule has 0 saturated heterocycles. The Labute approximate surface area is 91.3 Å². The van der Waals surface area contributed by atoms with Crippen LogP contribution in [0.1, 0.15) is 37.6 Å². The lowest BCUT2D eigenvalue weighted by molar-refractivity contribution is 0.268. The Bertz CT molecular complexity index is 296. The van der Waals surface area contributed by atoms with Gasteiger partial charge in [0.1, 0.15) is 0 Å². The van der Waals surface area contributed by atoms with Crippen LogP contribution in [-0.2, 0) is 6.54 Å². The van der Waals surface area contributed by atoms with Crippen molar-refractivity contribution >= 4 is 0 Å². The summed E-state index contributed by atoms with van der Waals surface area (Å²) in [5.41, 5.74) is 2.36. The van der Waals surface area contributed by atoms with Gasteiger partial charge in [0.15, 0.2) is 0 Å². The van der Waals surface area contributed by atoms with E-state index in [1.54, 1.807) is 0 Å². The second-order valence-electron chi connectivity index (χ2n) is 3.81. The molecular weight excluding hydrogens is 190 g/mol. The van der Waals surface area contributed by atoms with Crippen LogP contribution in [-0.4, -0.2) is 28.0 Å². The summed E-state index contributed by atoms with van der Waals surface area (Å²) in [4.78, 5) is 0. The molecular formula is C11H21N3O. The van der Waals surface area contributed by atoms with E-state index in [0.717, 1.165) is 18.7 Å². The summed E-state index contributed by atoms with van der Waals surface area (Å²) in [7, 11) is 0. The molecule has 4 nitrogen and oxygen atoms in total. The van der Waals surface area contributed by atoms with Crippen molar-refractivity contribution in [1.29, 1.82) is 0 Å². The number of rotatable bonds is 6. The van der Waals surface area contributed by atoms with E-state index in [-0.39, 0.29) is 6.61 Å². The van der Waals surface area contributed by atoms with Gasteiger partial charge in [-0.15, -0.1) is 0 Å². The lowest BCUT2D eigenvalue weighted by atomic mass is 10.1. The molecule has 0 radical (unpaired) electrons. The SMILES string of the molecule is CCCNC(C)c1cnn(CCO)c1C. The maximum Gasteiger partial charge on any atom is 0.0643 e. The van der Waals surface area contributed by atoms with Gasteiger partial charge in [0, 0.05) is 17.3 Å². The van der Waals surface area contributed by atoms with Gasteiger partial charge in [-0.25, -0.2) is 0 Å². The number of hydrogen-bond acceptors (Lipinski definition) is 3. The summed E-state index contributed by atoms with van der Waals surface area (Å²) in [5.74, 6) is 0. The summed E-state index contributed by atoms with van der Waals surface area (Å²) in [5, 5.41) is 16.5. The molecule has 86 valence electrons. The molecule has 0 aromatic carbocycles. The highest BCUT2D eigenvalue weighted by atomic mass is 16.3. The van der Waals surface area contributed by atoms with Crippen molar-refractivity contribution in [2.45, 2.75) is 39.8 Å². The molecule has 0 aliphatic rings. The summed E-state index contributed by atoms with van der Waals surface area (Å²) in [6.45, 7) is 8.07. The first kappa shape index (κ1) is 12.2. The topological polar surface area (TPSA) is 50.1 Å². The molecule has 0 bridgehead atoms. The number of aliphatic hydroxyl groups is 1. The minimum atomic E-state index is 0.138. The second kappa shape index (κ2) is 5.88. The van der Waals surface area contributed by atoms with Gasteiger partial charge >= 0.3 is 0 Å². The van der Waals surface area contributed by atoms with Gasteiger partial charge in [0.25, 0.3) is 0 Å². The highest BCUT2D eigenvalue weighted by Gasteiger charge is 2.11. The van der Waals surface area contributed by atoms with Gasteiger partial charge < -0.3 is 10.4 Å². The van der Waals surface area contributed by atoms with E-state index in [1.807, 2.05) is 17.8 Å². The van der Waals surface area contributed by atoms with Crippen LogP contribution in [0.2, 0.25) is 0 Å². The maximum absolute atomic E-state index is 8.86. The largest absolute Gasteiger partial charge is 0.394 e. The molecule has 0 spiro atoms. The van der Waals surface area contributed by atoms with E-state index < -0.39 is 0 Å². The van der Waals surface area contributed by atoms with E-state index in [0.29, 0.717) is 12.6 Å². The van der Waals surface area contributed by atoms with Gasteiger partial charge in [-0.05, 0) is 26.8 Å². The lowest BCUT2D eigenvalue weighted by Gasteiger charge is -2.12. The fourth-order valence-corrected chi connectivity index (χ4v) is 1.68. The molecule has 1 aromatic rings. The van der Waals surface area contributed by atoms with Crippen LogP contribution in [0.25, 0.3) is 0 Å². The fraction of sp³-hybridized carbons (Fsp3) is 0.727.